The number of ether oxygens (including phenoxy) is 2. The van der Waals surface area contributed by atoms with Crippen molar-refractivity contribution in [1.29, 1.82) is 0 Å². The van der Waals surface area contributed by atoms with E-state index in [-0.39, 0.29) is 10.8 Å². The molecule has 29 heavy (non-hydrogen) atoms. The Morgan fingerprint density at radius 3 is 2.59 bits per heavy atom. The normalized spacial score (nSPS) is 15.1. The average molecular weight is 419 g/mol. The molecule has 1 saturated heterocycles. The van der Waals surface area contributed by atoms with Gasteiger partial charge in [0.15, 0.2) is 0 Å². The monoisotopic (exact) mass is 418 g/mol. The molecule has 0 aromatic heterocycles. The van der Waals surface area contributed by atoms with Gasteiger partial charge in [-0.15, -0.1) is 0 Å². The molecular weight excluding hydrogens is 392 g/mol. The van der Waals surface area contributed by atoms with E-state index in [0.29, 0.717) is 49.9 Å². The van der Waals surface area contributed by atoms with E-state index in [2.05, 4.69) is 5.32 Å². The van der Waals surface area contributed by atoms with E-state index in [1.165, 1.54) is 16.4 Å². The van der Waals surface area contributed by atoms with Gasteiger partial charge in [0.05, 0.1) is 30.4 Å². The largest absolute Gasteiger partial charge is 0.492 e. The van der Waals surface area contributed by atoms with Gasteiger partial charge in [-0.05, 0) is 56.2 Å². The molecular formula is C21H26N2O5S. The summed E-state index contributed by atoms with van der Waals surface area (Å²) in [6, 6.07) is 10.0. The summed E-state index contributed by atoms with van der Waals surface area (Å²) in [6.45, 7) is 7.38. The van der Waals surface area contributed by atoms with Crippen molar-refractivity contribution >= 4 is 21.6 Å². The number of hydrogen-bond donors (Lipinski definition) is 1. The zero-order valence-corrected chi connectivity index (χ0v) is 17.7. The summed E-state index contributed by atoms with van der Waals surface area (Å²) in [5, 5.41) is 2.82. The Labute approximate surface area is 171 Å². The first-order valence-electron chi connectivity index (χ1n) is 9.57. The van der Waals surface area contributed by atoms with Crippen molar-refractivity contribution in [1.82, 2.24) is 4.31 Å². The second-order valence-electron chi connectivity index (χ2n) is 6.81. The fourth-order valence-corrected chi connectivity index (χ4v) is 4.61. The summed E-state index contributed by atoms with van der Waals surface area (Å²) in [6.07, 6.45) is 0. The molecule has 1 amide bonds. The predicted octanol–water partition coefficient (Wildman–Crippen LogP) is 2.98. The van der Waals surface area contributed by atoms with Crippen LogP contribution in [0.3, 0.4) is 0 Å². The van der Waals surface area contributed by atoms with Crippen LogP contribution in [0, 0.1) is 13.8 Å². The van der Waals surface area contributed by atoms with Crippen LogP contribution in [0.2, 0.25) is 0 Å². The van der Waals surface area contributed by atoms with Crippen LogP contribution >= 0.6 is 0 Å². The standard InChI is InChI=1S/C21H26N2O5S/c1-4-28-20-9-8-17(29(25,26)23-10-12-27-13-11-23)14-19(20)22-21(24)18-7-5-6-15(2)16(18)3/h5-9,14H,4,10-13H2,1-3H3,(H,22,24). The lowest BCUT2D eigenvalue weighted by atomic mass is 10.0. The Hall–Kier alpha value is -2.42. The highest BCUT2D eigenvalue weighted by Gasteiger charge is 2.27. The number of carbonyl (C=O) groups is 1. The Kier molecular flexibility index (Phi) is 6.56. The topological polar surface area (TPSA) is 84.9 Å². The van der Waals surface area contributed by atoms with Gasteiger partial charge in [0.1, 0.15) is 5.75 Å². The second-order valence-corrected chi connectivity index (χ2v) is 8.75. The maximum Gasteiger partial charge on any atom is 0.256 e. The van der Waals surface area contributed by atoms with Crippen LogP contribution in [0.25, 0.3) is 0 Å². The minimum absolute atomic E-state index is 0.110. The van der Waals surface area contributed by atoms with Crippen molar-refractivity contribution in [2.24, 2.45) is 0 Å². The first kappa shape index (κ1) is 21.3. The maximum atomic E-state index is 13.0. The molecule has 8 heteroatoms. The molecule has 1 aliphatic heterocycles. The van der Waals surface area contributed by atoms with Crippen molar-refractivity contribution in [2.45, 2.75) is 25.7 Å². The van der Waals surface area contributed by atoms with Crippen LogP contribution in [-0.4, -0.2) is 51.5 Å². The molecule has 0 radical (unpaired) electrons. The van der Waals surface area contributed by atoms with Crippen molar-refractivity contribution in [3.8, 4) is 5.75 Å². The number of hydrogen-bond acceptors (Lipinski definition) is 5. The van der Waals surface area contributed by atoms with Gasteiger partial charge in [-0.2, -0.15) is 4.31 Å². The highest BCUT2D eigenvalue weighted by Crippen LogP contribution is 2.30. The number of carbonyl (C=O) groups excluding carboxylic acids is 1. The quantitative estimate of drug-likeness (QED) is 0.780. The summed E-state index contributed by atoms with van der Waals surface area (Å²) in [4.78, 5) is 13.0. The van der Waals surface area contributed by atoms with Crippen LogP contribution in [0.4, 0.5) is 5.69 Å². The number of nitrogens with zero attached hydrogens (tertiary/aromatic N) is 1. The molecule has 2 aromatic carbocycles. The Morgan fingerprint density at radius 1 is 1.17 bits per heavy atom. The molecule has 156 valence electrons. The van der Waals surface area contributed by atoms with Gasteiger partial charge >= 0.3 is 0 Å². The highest BCUT2D eigenvalue weighted by atomic mass is 32.2. The van der Waals surface area contributed by atoms with Crippen molar-refractivity contribution in [3.63, 3.8) is 0 Å². The summed E-state index contributed by atoms with van der Waals surface area (Å²) in [7, 11) is -3.69. The van der Waals surface area contributed by atoms with E-state index in [9.17, 15) is 13.2 Å². The average Bonchev–Trinajstić information content (AvgIpc) is 2.72. The van der Waals surface area contributed by atoms with Gasteiger partial charge < -0.3 is 14.8 Å². The molecule has 0 saturated carbocycles. The highest BCUT2D eigenvalue weighted by molar-refractivity contribution is 7.89. The molecule has 0 aliphatic carbocycles. The molecule has 0 bridgehead atoms. The predicted molar refractivity (Wildman–Crippen MR) is 111 cm³/mol. The molecule has 1 heterocycles. The summed E-state index contributed by atoms with van der Waals surface area (Å²) >= 11 is 0. The Balaban J connectivity index is 1.95. The second kappa shape index (κ2) is 8.94. The maximum absolute atomic E-state index is 13.0. The molecule has 0 unspecified atom stereocenters. The van der Waals surface area contributed by atoms with Crippen molar-refractivity contribution in [3.05, 3.63) is 53.1 Å². The fourth-order valence-electron chi connectivity index (χ4n) is 3.17. The molecule has 2 aromatic rings. The summed E-state index contributed by atoms with van der Waals surface area (Å²) < 4.78 is 38.2. The zero-order chi connectivity index (χ0) is 21.0. The van der Waals surface area contributed by atoms with Crippen LogP contribution < -0.4 is 10.1 Å². The van der Waals surface area contributed by atoms with E-state index in [0.717, 1.165) is 11.1 Å². The molecule has 1 aliphatic rings. The van der Waals surface area contributed by atoms with Gasteiger partial charge in [-0.3, -0.25) is 4.79 Å². The first-order chi connectivity index (χ1) is 13.8. The summed E-state index contributed by atoms with van der Waals surface area (Å²) in [5.41, 5.74) is 2.74. The fraction of sp³-hybridized carbons (Fsp3) is 0.381. The van der Waals surface area contributed by atoms with Crippen molar-refractivity contribution in [2.75, 3.05) is 38.2 Å². The van der Waals surface area contributed by atoms with E-state index >= 15 is 0 Å². The number of morpholine rings is 1. The Bertz CT molecular complexity index is 998. The first-order valence-corrected chi connectivity index (χ1v) is 11.0. The molecule has 1 N–H and O–H groups in total. The van der Waals surface area contributed by atoms with E-state index < -0.39 is 10.0 Å². The van der Waals surface area contributed by atoms with Gasteiger partial charge in [-0.1, -0.05) is 12.1 Å². The van der Waals surface area contributed by atoms with Crippen molar-refractivity contribution < 1.29 is 22.7 Å². The lowest BCUT2D eigenvalue weighted by Crippen LogP contribution is -2.40. The number of anilines is 1. The van der Waals surface area contributed by atoms with Crippen LogP contribution in [0.1, 0.15) is 28.4 Å². The zero-order valence-electron chi connectivity index (χ0n) is 16.9. The smallest absolute Gasteiger partial charge is 0.256 e. The van der Waals surface area contributed by atoms with Gasteiger partial charge in [0.25, 0.3) is 5.91 Å². The number of benzene rings is 2. The van der Waals surface area contributed by atoms with E-state index in [1.807, 2.05) is 32.9 Å². The molecule has 7 nitrogen and oxygen atoms in total. The SMILES string of the molecule is CCOc1ccc(S(=O)(=O)N2CCOCC2)cc1NC(=O)c1cccc(C)c1C. The molecule has 0 atom stereocenters. The molecule has 0 spiro atoms. The molecule has 3 rings (SSSR count). The number of nitrogens with one attached hydrogen (secondary N) is 1. The number of sulfonamides is 1. The minimum Gasteiger partial charge on any atom is -0.492 e. The van der Waals surface area contributed by atoms with Crippen LogP contribution in [0.5, 0.6) is 5.75 Å². The van der Waals surface area contributed by atoms with Crippen LogP contribution in [0.15, 0.2) is 41.3 Å². The minimum atomic E-state index is -3.69. The van der Waals surface area contributed by atoms with Gasteiger partial charge in [0, 0.05) is 18.7 Å². The van der Waals surface area contributed by atoms with E-state index in [1.54, 1.807) is 12.1 Å². The third kappa shape index (κ3) is 4.60. The number of rotatable bonds is 6. The third-order valence-electron chi connectivity index (χ3n) is 4.96. The van der Waals surface area contributed by atoms with Gasteiger partial charge in [0.2, 0.25) is 10.0 Å². The van der Waals surface area contributed by atoms with E-state index in [4.69, 9.17) is 9.47 Å². The lowest BCUT2D eigenvalue weighted by Gasteiger charge is -2.26. The Morgan fingerprint density at radius 2 is 1.90 bits per heavy atom. The van der Waals surface area contributed by atoms with Crippen LogP contribution in [-0.2, 0) is 14.8 Å². The third-order valence-corrected chi connectivity index (χ3v) is 6.85. The summed E-state index contributed by atoms with van der Waals surface area (Å²) in [5.74, 6) is 0.111. The molecule has 1 fully saturated rings. The number of amides is 1. The lowest BCUT2D eigenvalue weighted by molar-refractivity contribution is 0.0730. The number of aryl methyl sites for hydroxylation is 1. The van der Waals surface area contributed by atoms with Gasteiger partial charge in [-0.25, -0.2) is 8.42 Å².